The van der Waals surface area contributed by atoms with Gasteiger partial charge in [0.25, 0.3) is 0 Å². The van der Waals surface area contributed by atoms with Crippen molar-refractivity contribution in [3.05, 3.63) is 64.3 Å². The Bertz CT molecular complexity index is 875. The number of rotatable bonds is 4. The van der Waals surface area contributed by atoms with Gasteiger partial charge in [-0.05, 0) is 23.8 Å². The van der Waals surface area contributed by atoms with E-state index in [1.165, 1.54) is 12.1 Å². The van der Waals surface area contributed by atoms with Crippen molar-refractivity contribution in [2.24, 2.45) is 0 Å². The average molecular weight is 361 g/mol. The molecule has 25 heavy (non-hydrogen) atoms. The van der Waals surface area contributed by atoms with Gasteiger partial charge in [0.15, 0.2) is 10.8 Å². The van der Waals surface area contributed by atoms with Crippen LogP contribution in [0.5, 0.6) is 0 Å². The quantitative estimate of drug-likeness (QED) is 0.717. The molecular formula is C18H18ClFN4O. The van der Waals surface area contributed by atoms with Gasteiger partial charge in [-0.15, -0.1) is 0 Å². The number of ether oxygens (including phenoxy) is 1. The van der Waals surface area contributed by atoms with Crippen LogP contribution in [0.3, 0.4) is 0 Å². The van der Waals surface area contributed by atoms with Crippen molar-refractivity contribution in [3.63, 3.8) is 0 Å². The largest absolute Gasteiger partial charge is 0.379 e. The van der Waals surface area contributed by atoms with Crippen LogP contribution in [0.4, 0.5) is 4.39 Å². The zero-order valence-corrected chi connectivity index (χ0v) is 14.4. The molecule has 1 aromatic carbocycles. The zero-order chi connectivity index (χ0) is 17.2. The summed E-state index contributed by atoms with van der Waals surface area (Å²) in [6.07, 6.45) is 2.43. The van der Waals surface area contributed by atoms with E-state index in [1.54, 1.807) is 16.6 Å². The third-order valence-electron chi connectivity index (χ3n) is 4.38. The van der Waals surface area contributed by atoms with E-state index in [4.69, 9.17) is 16.3 Å². The van der Waals surface area contributed by atoms with Gasteiger partial charge in [-0.3, -0.25) is 4.90 Å². The number of nitrogens with zero attached hydrogens (tertiary/aromatic N) is 4. The maximum atomic E-state index is 13.1. The molecule has 0 spiro atoms. The normalized spacial score (nSPS) is 15.8. The van der Waals surface area contributed by atoms with Crippen molar-refractivity contribution < 1.29 is 9.13 Å². The predicted molar refractivity (Wildman–Crippen MR) is 93.3 cm³/mol. The fourth-order valence-electron chi connectivity index (χ4n) is 3.09. The lowest BCUT2D eigenvalue weighted by Gasteiger charge is -2.26. The summed E-state index contributed by atoms with van der Waals surface area (Å²) >= 11 is 6.24. The van der Waals surface area contributed by atoms with Crippen LogP contribution < -0.4 is 0 Å². The Labute approximate surface area is 150 Å². The van der Waals surface area contributed by atoms with Crippen LogP contribution in [0, 0.1) is 5.82 Å². The summed E-state index contributed by atoms with van der Waals surface area (Å²) in [6.45, 7) is 4.06. The fraction of sp³-hybridized carbons (Fsp3) is 0.333. The molecule has 7 heteroatoms. The first kappa shape index (κ1) is 16.4. The van der Waals surface area contributed by atoms with Crippen molar-refractivity contribution in [2.45, 2.75) is 13.0 Å². The molecule has 1 saturated heterocycles. The lowest BCUT2D eigenvalue weighted by molar-refractivity contribution is 0.0343. The number of benzene rings is 1. The molecular weight excluding hydrogens is 343 g/mol. The SMILES string of the molecule is Fc1ccc(Cc2cnc3c(CN4CCOCC4)cc(Cl)nn23)cc1. The van der Waals surface area contributed by atoms with E-state index in [2.05, 4.69) is 15.0 Å². The summed E-state index contributed by atoms with van der Waals surface area (Å²) in [7, 11) is 0. The molecule has 0 amide bonds. The Morgan fingerprint density at radius 2 is 1.92 bits per heavy atom. The summed E-state index contributed by atoms with van der Waals surface area (Å²) in [5, 5.41) is 4.84. The Balaban J connectivity index is 1.64. The first-order valence-corrected chi connectivity index (χ1v) is 8.63. The molecule has 2 aromatic heterocycles. The molecule has 1 fully saturated rings. The highest BCUT2D eigenvalue weighted by molar-refractivity contribution is 6.29. The molecule has 3 aromatic rings. The van der Waals surface area contributed by atoms with E-state index in [1.807, 2.05) is 12.3 Å². The van der Waals surface area contributed by atoms with Gasteiger partial charge in [0.1, 0.15) is 5.82 Å². The molecule has 0 atom stereocenters. The van der Waals surface area contributed by atoms with E-state index in [0.29, 0.717) is 11.6 Å². The molecule has 4 rings (SSSR count). The van der Waals surface area contributed by atoms with E-state index in [0.717, 1.165) is 55.3 Å². The van der Waals surface area contributed by atoms with E-state index in [-0.39, 0.29) is 5.82 Å². The van der Waals surface area contributed by atoms with Crippen LogP contribution in [0.2, 0.25) is 5.15 Å². The van der Waals surface area contributed by atoms with E-state index >= 15 is 0 Å². The molecule has 1 aliphatic rings. The van der Waals surface area contributed by atoms with Crippen molar-refractivity contribution in [1.29, 1.82) is 0 Å². The first-order valence-electron chi connectivity index (χ1n) is 8.25. The molecule has 3 heterocycles. The van der Waals surface area contributed by atoms with Crippen molar-refractivity contribution in [1.82, 2.24) is 19.5 Å². The third-order valence-corrected chi connectivity index (χ3v) is 4.57. The number of imidazole rings is 1. The molecule has 0 aliphatic carbocycles. The molecule has 0 N–H and O–H groups in total. The van der Waals surface area contributed by atoms with Gasteiger partial charge in [0.2, 0.25) is 0 Å². The van der Waals surface area contributed by atoms with E-state index in [9.17, 15) is 4.39 Å². The van der Waals surface area contributed by atoms with Crippen molar-refractivity contribution in [2.75, 3.05) is 26.3 Å². The minimum Gasteiger partial charge on any atom is -0.379 e. The van der Waals surface area contributed by atoms with Gasteiger partial charge < -0.3 is 4.74 Å². The van der Waals surface area contributed by atoms with Gasteiger partial charge in [-0.2, -0.15) is 5.10 Å². The van der Waals surface area contributed by atoms with Crippen LogP contribution in [0.25, 0.3) is 5.65 Å². The zero-order valence-electron chi connectivity index (χ0n) is 13.7. The van der Waals surface area contributed by atoms with Gasteiger partial charge in [0, 0.05) is 31.6 Å². The smallest absolute Gasteiger partial charge is 0.158 e. The van der Waals surface area contributed by atoms with E-state index < -0.39 is 0 Å². The maximum absolute atomic E-state index is 13.1. The Morgan fingerprint density at radius 1 is 1.16 bits per heavy atom. The molecule has 0 saturated carbocycles. The first-order chi connectivity index (χ1) is 12.2. The summed E-state index contributed by atoms with van der Waals surface area (Å²) < 4.78 is 20.3. The minimum atomic E-state index is -0.240. The monoisotopic (exact) mass is 360 g/mol. The standard InChI is InChI=1S/C18H18ClFN4O/c19-17-10-14(12-23-5-7-25-8-6-23)18-21-11-16(24(18)22-17)9-13-1-3-15(20)4-2-13/h1-4,10-11H,5-9,12H2. The van der Waals surface area contributed by atoms with Gasteiger partial charge in [-0.25, -0.2) is 13.9 Å². The molecule has 1 aliphatic heterocycles. The number of hydrogen-bond donors (Lipinski definition) is 0. The highest BCUT2D eigenvalue weighted by atomic mass is 35.5. The second-order valence-corrected chi connectivity index (χ2v) is 6.56. The molecule has 0 bridgehead atoms. The van der Waals surface area contributed by atoms with Crippen LogP contribution in [-0.2, 0) is 17.7 Å². The Kier molecular flexibility index (Phi) is 4.65. The lowest BCUT2D eigenvalue weighted by atomic mass is 10.1. The van der Waals surface area contributed by atoms with Gasteiger partial charge >= 0.3 is 0 Å². The Hall–Kier alpha value is -2.02. The van der Waals surface area contributed by atoms with Crippen molar-refractivity contribution >= 4 is 17.2 Å². The summed E-state index contributed by atoms with van der Waals surface area (Å²) in [5.41, 5.74) is 3.78. The average Bonchev–Trinajstić information content (AvgIpc) is 3.01. The molecule has 5 nitrogen and oxygen atoms in total. The summed E-state index contributed by atoms with van der Waals surface area (Å²) in [5.74, 6) is -0.240. The predicted octanol–water partition coefficient (Wildman–Crippen LogP) is 2.94. The molecule has 0 radical (unpaired) electrons. The van der Waals surface area contributed by atoms with Crippen LogP contribution in [-0.4, -0.2) is 45.8 Å². The van der Waals surface area contributed by atoms with Gasteiger partial charge in [0.05, 0.1) is 25.1 Å². The number of morpholine rings is 1. The van der Waals surface area contributed by atoms with Crippen LogP contribution in [0.15, 0.2) is 36.5 Å². The molecule has 130 valence electrons. The topological polar surface area (TPSA) is 42.7 Å². The number of aromatic nitrogens is 3. The summed E-state index contributed by atoms with van der Waals surface area (Å²) in [6, 6.07) is 8.34. The second-order valence-electron chi connectivity index (χ2n) is 6.17. The third kappa shape index (κ3) is 3.66. The lowest BCUT2D eigenvalue weighted by Crippen LogP contribution is -2.35. The maximum Gasteiger partial charge on any atom is 0.158 e. The number of hydrogen-bond acceptors (Lipinski definition) is 4. The second kappa shape index (κ2) is 7.07. The fourth-order valence-corrected chi connectivity index (χ4v) is 3.30. The Morgan fingerprint density at radius 3 is 2.68 bits per heavy atom. The van der Waals surface area contributed by atoms with Gasteiger partial charge in [-0.1, -0.05) is 23.7 Å². The molecule has 0 unspecified atom stereocenters. The highest BCUT2D eigenvalue weighted by Crippen LogP contribution is 2.19. The van der Waals surface area contributed by atoms with Crippen LogP contribution in [0.1, 0.15) is 16.8 Å². The highest BCUT2D eigenvalue weighted by Gasteiger charge is 2.16. The minimum absolute atomic E-state index is 0.240. The van der Waals surface area contributed by atoms with Crippen LogP contribution >= 0.6 is 11.6 Å². The number of fused-ring (bicyclic) bond motifs is 1. The van der Waals surface area contributed by atoms with Crippen molar-refractivity contribution in [3.8, 4) is 0 Å². The summed E-state index contributed by atoms with van der Waals surface area (Å²) in [4.78, 5) is 6.87. The number of halogens is 2.